The number of aryl methyl sites for hydroxylation is 2. The molecule has 2 N–H and O–H groups in total. The molecule has 0 aliphatic carbocycles. The molecule has 1 rings (SSSR count). The van der Waals surface area contributed by atoms with Crippen LogP contribution in [0, 0.1) is 0 Å². The Hall–Kier alpha value is -0.860. The van der Waals surface area contributed by atoms with Crippen LogP contribution in [0.1, 0.15) is 219 Å². The van der Waals surface area contributed by atoms with E-state index in [2.05, 4.69) is 52.0 Å². The van der Waals surface area contributed by atoms with Crippen molar-refractivity contribution in [2.75, 3.05) is 0 Å². The van der Waals surface area contributed by atoms with Crippen LogP contribution in [0.3, 0.4) is 0 Å². The van der Waals surface area contributed by atoms with E-state index in [0.29, 0.717) is 0 Å². The number of aliphatic hydroxyl groups is 2. The third-order valence-electron chi connectivity index (χ3n) is 10.2. The van der Waals surface area contributed by atoms with Gasteiger partial charge < -0.3 is 10.2 Å². The van der Waals surface area contributed by atoms with Crippen molar-refractivity contribution in [3.05, 3.63) is 35.4 Å². The van der Waals surface area contributed by atoms with Gasteiger partial charge in [0.2, 0.25) is 0 Å². The standard InChI is InChI=1S/C42H78O2/c1-5-9-33-41(43,34-10-6-2)37-25-21-17-13-15-19-23-27-39-29-31-40(32-30-39)28-24-20-16-14-18-22-26-38-42(44,35-11-7-3)36-12-8-4/h29-32,43-44H,5-28,33-38H2,1-4H3. The molecule has 0 bridgehead atoms. The van der Waals surface area contributed by atoms with Crippen molar-refractivity contribution in [3.8, 4) is 0 Å². The fraction of sp³-hybridized carbons (Fsp3) is 0.857. The molecule has 0 aliphatic heterocycles. The molecule has 0 amide bonds. The van der Waals surface area contributed by atoms with Crippen LogP contribution in [-0.4, -0.2) is 21.4 Å². The molecular weight excluding hydrogens is 536 g/mol. The number of hydrogen-bond donors (Lipinski definition) is 2. The normalized spacial score (nSPS) is 12.3. The molecule has 0 saturated carbocycles. The van der Waals surface area contributed by atoms with Crippen LogP contribution in [0.2, 0.25) is 0 Å². The average Bonchev–Trinajstić information content (AvgIpc) is 3.03. The lowest BCUT2D eigenvalue weighted by Gasteiger charge is -2.28. The van der Waals surface area contributed by atoms with Gasteiger partial charge in [0.25, 0.3) is 0 Å². The zero-order valence-electron chi connectivity index (χ0n) is 30.4. The fourth-order valence-corrected chi connectivity index (χ4v) is 6.98. The molecule has 0 saturated heterocycles. The summed E-state index contributed by atoms with van der Waals surface area (Å²) in [5.74, 6) is 0. The van der Waals surface area contributed by atoms with Gasteiger partial charge in [-0.3, -0.25) is 0 Å². The van der Waals surface area contributed by atoms with E-state index in [9.17, 15) is 10.2 Å². The topological polar surface area (TPSA) is 40.5 Å². The van der Waals surface area contributed by atoms with Gasteiger partial charge in [-0.2, -0.15) is 0 Å². The maximum absolute atomic E-state index is 11.0. The number of benzene rings is 1. The molecule has 1 aromatic rings. The highest BCUT2D eigenvalue weighted by Gasteiger charge is 2.25. The van der Waals surface area contributed by atoms with Crippen molar-refractivity contribution in [3.63, 3.8) is 0 Å². The number of rotatable bonds is 32. The number of unbranched alkanes of at least 4 members (excludes halogenated alkanes) is 16. The predicted octanol–water partition coefficient (Wildman–Crippen LogP) is 13.2. The Bertz CT molecular complexity index is 660. The first-order valence-corrected chi connectivity index (χ1v) is 19.9. The smallest absolute Gasteiger partial charge is 0.0647 e. The first-order chi connectivity index (χ1) is 21.4. The molecule has 258 valence electrons. The summed E-state index contributed by atoms with van der Waals surface area (Å²) < 4.78 is 0. The third kappa shape index (κ3) is 21.8. The Morgan fingerprint density at radius 1 is 0.341 bits per heavy atom. The highest BCUT2D eigenvalue weighted by molar-refractivity contribution is 5.22. The van der Waals surface area contributed by atoms with Gasteiger partial charge in [0.15, 0.2) is 0 Å². The van der Waals surface area contributed by atoms with Crippen molar-refractivity contribution >= 4 is 0 Å². The van der Waals surface area contributed by atoms with Crippen LogP contribution in [-0.2, 0) is 12.8 Å². The lowest BCUT2D eigenvalue weighted by atomic mass is 9.86. The van der Waals surface area contributed by atoms with E-state index in [0.717, 1.165) is 64.2 Å². The molecule has 0 unspecified atom stereocenters. The van der Waals surface area contributed by atoms with E-state index in [1.54, 1.807) is 0 Å². The molecule has 0 spiro atoms. The fourth-order valence-electron chi connectivity index (χ4n) is 6.98. The molecular formula is C42H78O2. The van der Waals surface area contributed by atoms with Gasteiger partial charge in [-0.15, -0.1) is 0 Å². The van der Waals surface area contributed by atoms with Gasteiger partial charge in [-0.05, 0) is 75.3 Å². The molecule has 0 atom stereocenters. The van der Waals surface area contributed by atoms with E-state index in [1.165, 1.54) is 140 Å². The van der Waals surface area contributed by atoms with Gasteiger partial charge in [0.1, 0.15) is 0 Å². The predicted molar refractivity (Wildman–Crippen MR) is 196 cm³/mol. The van der Waals surface area contributed by atoms with Gasteiger partial charge in [-0.1, -0.05) is 180 Å². The first-order valence-electron chi connectivity index (χ1n) is 19.9. The second-order valence-corrected chi connectivity index (χ2v) is 14.6. The van der Waals surface area contributed by atoms with Gasteiger partial charge in [-0.25, -0.2) is 0 Å². The van der Waals surface area contributed by atoms with Crippen LogP contribution in [0.25, 0.3) is 0 Å². The van der Waals surface area contributed by atoms with Gasteiger partial charge in [0.05, 0.1) is 11.2 Å². The summed E-state index contributed by atoms with van der Waals surface area (Å²) in [4.78, 5) is 0. The van der Waals surface area contributed by atoms with E-state index in [-0.39, 0.29) is 11.2 Å². The number of hydrogen-bond acceptors (Lipinski definition) is 2. The summed E-state index contributed by atoms with van der Waals surface area (Å²) in [5, 5.41) is 22.0. The molecule has 0 aliphatic rings. The Morgan fingerprint density at radius 3 is 0.841 bits per heavy atom. The van der Waals surface area contributed by atoms with Crippen LogP contribution < -0.4 is 0 Å². The van der Waals surface area contributed by atoms with Gasteiger partial charge in [0, 0.05) is 0 Å². The van der Waals surface area contributed by atoms with E-state index < -0.39 is 0 Å². The minimum Gasteiger partial charge on any atom is -0.390 e. The Balaban J connectivity index is 2.04. The van der Waals surface area contributed by atoms with Gasteiger partial charge >= 0.3 is 0 Å². The maximum atomic E-state index is 11.0. The van der Waals surface area contributed by atoms with Crippen molar-refractivity contribution < 1.29 is 10.2 Å². The average molecular weight is 615 g/mol. The zero-order valence-corrected chi connectivity index (χ0v) is 30.4. The second-order valence-electron chi connectivity index (χ2n) is 14.6. The highest BCUT2D eigenvalue weighted by atomic mass is 16.3. The largest absolute Gasteiger partial charge is 0.390 e. The monoisotopic (exact) mass is 615 g/mol. The molecule has 1 aromatic carbocycles. The third-order valence-corrected chi connectivity index (χ3v) is 10.2. The van der Waals surface area contributed by atoms with Crippen LogP contribution >= 0.6 is 0 Å². The molecule has 2 nitrogen and oxygen atoms in total. The highest BCUT2D eigenvalue weighted by Crippen LogP contribution is 2.29. The summed E-state index contributed by atoms with van der Waals surface area (Å²) in [6.45, 7) is 8.92. The Kier molecular flexibility index (Phi) is 25.5. The Morgan fingerprint density at radius 2 is 0.568 bits per heavy atom. The Labute approximate surface area is 276 Å². The van der Waals surface area contributed by atoms with Crippen LogP contribution in [0.5, 0.6) is 0 Å². The molecule has 0 aromatic heterocycles. The first kappa shape index (κ1) is 41.2. The minimum absolute atomic E-state index is 0.390. The summed E-state index contributed by atoms with van der Waals surface area (Å²) >= 11 is 0. The van der Waals surface area contributed by atoms with E-state index >= 15 is 0 Å². The van der Waals surface area contributed by atoms with Crippen molar-refractivity contribution in [2.45, 2.75) is 232 Å². The summed E-state index contributed by atoms with van der Waals surface area (Å²) in [7, 11) is 0. The quantitative estimate of drug-likeness (QED) is 0.0792. The van der Waals surface area contributed by atoms with E-state index in [4.69, 9.17) is 0 Å². The van der Waals surface area contributed by atoms with Crippen molar-refractivity contribution in [1.82, 2.24) is 0 Å². The lowest BCUT2D eigenvalue weighted by Crippen LogP contribution is -2.28. The summed E-state index contributed by atoms with van der Waals surface area (Å²) in [6.07, 6.45) is 36.2. The van der Waals surface area contributed by atoms with Crippen molar-refractivity contribution in [1.29, 1.82) is 0 Å². The molecule has 0 heterocycles. The van der Waals surface area contributed by atoms with Crippen molar-refractivity contribution in [2.24, 2.45) is 0 Å². The van der Waals surface area contributed by atoms with E-state index in [1.807, 2.05) is 0 Å². The molecule has 44 heavy (non-hydrogen) atoms. The summed E-state index contributed by atoms with van der Waals surface area (Å²) in [6, 6.07) is 9.48. The van der Waals surface area contributed by atoms with Crippen LogP contribution in [0.4, 0.5) is 0 Å². The SMILES string of the molecule is CCCCC(O)(CCCC)CCCCCCCCCc1ccc(CCCCCCCCCC(O)(CCCC)CCCC)cc1. The molecule has 2 heteroatoms. The second kappa shape index (κ2) is 27.3. The molecule has 0 radical (unpaired) electrons. The maximum Gasteiger partial charge on any atom is 0.0647 e. The molecule has 0 fully saturated rings. The lowest BCUT2D eigenvalue weighted by molar-refractivity contribution is 0.00747. The zero-order chi connectivity index (χ0) is 32.2. The minimum atomic E-state index is -0.390. The van der Waals surface area contributed by atoms with Crippen LogP contribution in [0.15, 0.2) is 24.3 Å². The summed E-state index contributed by atoms with van der Waals surface area (Å²) in [5.41, 5.74) is 2.23.